The molecule has 0 bridgehead atoms. The molecule has 12 nitrogen and oxygen atoms in total. The number of carbonyl (C=O) groups is 6. The van der Waals surface area contributed by atoms with Crippen LogP contribution in [0.15, 0.2) is 0 Å². The van der Waals surface area contributed by atoms with Crippen molar-refractivity contribution in [3.8, 4) is 0 Å². The number of ether oxygens (including phenoxy) is 6. The number of methoxy groups -OCH3 is 6. The smallest absolute Gasteiger partial charge is 0.326 e. The molecular weight excluding hydrogens is 408 g/mol. The lowest BCUT2D eigenvalue weighted by molar-refractivity contribution is -0.213. The van der Waals surface area contributed by atoms with E-state index in [0.717, 1.165) is 42.7 Å². The van der Waals surface area contributed by atoms with Crippen molar-refractivity contribution in [3.63, 3.8) is 0 Å². The van der Waals surface area contributed by atoms with Crippen molar-refractivity contribution in [2.75, 3.05) is 42.7 Å². The number of rotatable bonds is 9. The zero-order chi connectivity index (χ0) is 23.3. The lowest BCUT2D eigenvalue weighted by atomic mass is 9.54. The molecule has 0 atom stereocenters. The fraction of sp³-hybridized carbons (Fsp3) is 0.667. The largest absolute Gasteiger partial charge is 0.468 e. The molecule has 12 heteroatoms. The Bertz CT molecular complexity index is 687. The van der Waals surface area contributed by atoms with Crippen molar-refractivity contribution in [1.82, 2.24) is 0 Å². The molecule has 0 heterocycles. The Balaban J connectivity index is 4.30. The summed E-state index contributed by atoms with van der Waals surface area (Å²) in [6.07, 6.45) is 0.323. The summed E-state index contributed by atoms with van der Waals surface area (Å²) < 4.78 is 28.1. The summed E-state index contributed by atoms with van der Waals surface area (Å²) >= 11 is 0. The molecule has 0 aromatic rings. The third-order valence-corrected chi connectivity index (χ3v) is 5.15. The highest BCUT2D eigenvalue weighted by molar-refractivity contribution is 6.20. The Morgan fingerprint density at radius 3 is 1.17 bits per heavy atom. The summed E-state index contributed by atoms with van der Waals surface area (Å²) in [6, 6.07) is 0. The standard InChI is InChI=1S/C18H24O12/c1-25-11(19)10(12(20)26-2)18(15(23)29-5,16(24)30-6)17(9-7-8-9,13(21)27-3)14(22)28-4/h9-10H,7-8H2,1-6H3. The highest BCUT2D eigenvalue weighted by Gasteiger charge is 2.82. The fourth-order valence-corrected chi connectivity index (χ4v) is 3.78. The van der Waals surface area contributed by atoms with Crippen LogP contribution >= 0.6 is 0 Å². The van der Waals surface area contributed by atoms with Crippen molar-refractivity contribution in [1.29, 1.82) is 0 Å². The molecule has 0 saturated heterocycles. The van der Waals surface area contributed by atoms with Gasteiger partial charge in [0.1, 0.15) is 0 Å². The Morgan fingerprint density at radius 1 is 0.600 bits per heavy atom. The highest BCUT2D eigenvalue weighted by Crippen LogP contribution is 2.61. The van der Waals surface area contributed by atoms with Gasteiger partial charge in [0.15, 0.2) is 11.3 Å². The second-order valence-electron chi connectivity index (χ2n) is 6.34. The van der Waals surface area contributed by atoms with E-state index in [2.05, 4.69) is 9.47 Å². The molecule has 1 aliphatic carbocycles. The van der Waals surface area contributed by atoms with Crippen LogP contribution in [0.2, 0.25) is 0 Å². The molecule has 168 valence electrons. The first kappa shape index (κ1) is 24.9. The summed E-state index contributed by atoms with van der Waals surface area (Å²) in [5, 5.41) is 0. The molecule has 0 unspecified atom stereocenters. The van der Waals surface area contributed by atoms with Crippen LogP contribution in [0.3, 0.4) is 0 Å². The quantitative estimate of drug-likeness (QED) is 0.249. The van der Waals surface area contributed by atoms with Crippen molar-refractivity contribution in [3.05, 3.63) is 0 Å². The average molecular weight is 432 g/mol. The Kier molecular flexibility index (Phi) is 7.91. The first-order valence-corrected chi connectivity index (χ1v) is 8.62. The third kappa shape index (κ3) is 3.35. The lowest BCUT2D eigenvalue weighted by Crippen LogP contribution is -2.69. The Labute approximate surface area is 172 Å². The molecule has 1 fully saturated rings. The SMILES string of the molecule is COC(=O)C(C(=O)OC)C(C(=O)OC)(C(=O)OC)C(C(=O)OC)(C(=O)OC)C1CC1. The average Bonchev–Trinajstić information content (AvgIpc) is 3.61. The predicted molar refractivity (Wildman–Crippen MR) is 93.2 cm³/mol. The highest BCUT2D eigenvalue weighted by atomic mass is 16.6. The van der Waals surface area contributed by atoms with Crippen molar-refractivity contribution in [2.45, 2.75) is 12.8 Å². The van der Waals surface area contributed by atoms with Crippen molar-refractivity contribution >= 4 is 35.8 Å². The minimum absolute atomic E-state index is 0.162. The molecule has 0 N–H and O–H groups in total. The molecule has 0 aromatic carbocycles. The Morgan fingerprint density at radius 2 is 0.933 bits per heavy atom. The zero-order valence-corrected chi connectivity index (χ0v) is 17.5. The first-order valence-electron chi connectivity index (χ1n) is 8.62. The maximum absolute atomic E-state index is 13.2. The van der Waals surface area contributed by atoms with E-state index in [4.69, 9.17) is 18.9 Å². The number of carbonyl (C=O) groups excluding carboxylic acids is 6. The molecule has 1 rings (SSSR count). The minimum Gasteiger partial charge on any atom is -0.468 e. The van der Waals surface area contributed by atoms with E-state index in [9.17, 15) is 28.8 Å². The monoisotopic (exact) mass is 432 g/mol. The summed E-state index contributed by atoms with van der Waals surface area (Å²) in [6.45, 7) is 0. The van der Waals surface area contributed by atoms with E-state index < -0.39 is 58.5 Å². The third-order valence-electron chi connectivity index (χ3n) is 5.15. The molecule has 1 saturated carbocycles. The summed E-state index contributed by atoms with van der Waals surface area (Å²) in [4.78, 5) is 77.9. The number of hydrogen-bond donors (Lipinski definition) is 0. The van der Waals surface area contributed by atoms with Gasteiger partial charge in [0.05, 0.1) is 42.7 Å². The maximum Gasteiger partial charge on any atom is 0.326 e. The second-order valence-corrected chi connectivity index (χ2v) is 6.34. The molecule has 1 aliphatic rings. The number of esters is 6. The lowest BCUT2D eigenvalue weighted by Gasteiger charge is -2.44. The topological polar surface area (TPSA) is 158 Å². The summed E-state index contributed by atoms with van der Waals surface area (Å²) in [7, 11) is 5.19. The van der Waals surface area contributed by atoms with Crippen LogP contribution in [0.25, 0.3) is 0 Å². The molecule has 30 heavy (non-hydrogen) atoms. The van der Waals surface area contributed by atoms with Crippen LogP contribution in [-0.2, 0) is 57.2 Å². The van der Waals surface area contributed by atoms with E-state index in [-0.39, 0.29) is 12.8 Å². The van der Waals surface area contributed by atoms with Gasteiger partial charge in [-0.15, -0.1) is 0 Å². The van der Waals surface area contributed by atoms with Crippen LogP contribution in [0.4, 0.5) is 0 Å². The van der Waals surface area contributed by atoms with Gasteiger partial charge in [-0.1, -0.05) is 0 Å². The van der Waals surface area contributed by atoms with Crippen molar-refractivity contribution < 1.29 is 57.2 Å². The van der Waals surface area contributed by atoms with E-state index in [1.54, 1.807) is 0 Å². The van der Waals surface area contributed by atoms with E-state index in [0.29, 0.717) is 0 Å². The van der Waals surface area contributed by atoms with Crippen LogP contribution in [-0.4, -0.2) is 78.5 Å². The molecule has 0 spiro atoms. The normalized spacial score (nSPS) is 13.7. The molecule has 0 amide bonds. The summed E-state index contributed by atoms with van der Waals surface area (Å²) in [5.74, 6) is -12.3. The first-order chi connectivity index (χ1) is 14.1. The van der Waals surface area contributed by atoms with E-state index in [1.807, 2.05) is 0 Å². The van der Waals surface area contributed by atoms with Gasteiger partial charge in [-0.25, -0.2) is 0 Å². The molecule has 0 radical (unpaired) electrons. The minimum atomic E-state index is -3.20. The van der Waals surface area contributed by atoms with Gasteiger partial charge in [-0.3, -0.25) is 28.8 Å². The molecule has 0 aromatic heterocycles. The summed E-state index contributed by atoms with van der Waals surface area (Å²) in [5.41, 5.74) is -6.00. The van der Waals surface area contributed by atoms with Crippen molar-refractivity contribution in [2.24, 2.45) is 22.7 Å². The van der Waals surface area contributed by atoms with Crippen LogP contribution in [0.1, 0.15) is 12.8 Å². The number of hydrogen-bond acceptors (Lipinski definition) is 12. The zero-order valence-electron chi connectivity index (χ0n) is 17.5. The van der Waals surface area contributed by atoms with E-state index in [1.165, 1.54) is 0 Å². The fourth-order valence-electron chi connectivity index (χ4n) is 3.78. The van der Waals surface area contributed by atoms with Gasteiger partial charge < -0.3 is 28.4 Å². The Hall–Kier alpha value is -3.18. The second kappa shape index (κ2) is 9.55. The van der Waals surface area contributed by atoms with Gasteiger partial charge in [0.25, 0.3) is 0 Å². The van der Waals surface area contributed by atoms with Gasteiger partial charge >= 0.3 is 35.8 Å². The van der Waals surface area contributed by atoms with Gasteiger partial charge in [0.2, 0.25) is 5.41 Å². The maximum atomic E-state index is 13.2. The van der Waals surface area contributed by atoms with Crippen LogP contribution in [0.5, 0.6) is 0 Å². The van der Waals surface area contributed by atoms with Crippen LogP contribution < -0.4 is 0 Å². The van der Waals surface area contributed by atoms with Crippen LogP contribution in [0, 0.1) is 22.7 Å². The molecule has 0 aliphatic heterocycles. The molecular formula is C18H24O12. The predicted octanol–water partition coefficient (Wildman–Crippen LogP) is -0.977. The van der Waals surface area contributed by atoms with Gasteiger partial charge in [-0.05, 0) is 18.8 Å². The van der Waals surface area contributed by atoms with E-state index >= 15 is 0 Å². The van der Waals surface area contributed by atoms with Gasteiger partial charge in [0, 0.05) is 0 Å². The van der Waals surface area contributed by atoms with Gasteiger partial charge in [-0.2, -0.15) is 0 Å².